The first-order chi connectivity index (χ1) is 37.5. The van der Waals surface area contributed by atoms with Gasteiger partial charge in [0.05, 0.1) is 31.7 Å². The molecule has 1 saturated carbocycles. The Hall–Kier alpha value is -2.70. The average molecular weight is 1070 g/mol. The first kappa shape index (κ1) is 69.4. The molecule has 0 aromatic heterocycles. The molecular formula is C69H124O7. The third kappa shape index (κ3) is 40.5. The molecule has 0 spiro atoms. The van der Waals surface area contributed by atoms with Crippen LogP contribution in [-0.4, -0.2) is 38.4 Å². The highest BCUT2D eigenvalue weighted by Crippen LogP contribution is 2.42. The largest absolute Gasteiger partial charge is 0.490 e. The minimum atomic E-state index is -0.462. The van der Waals surface area contributed by atoms with Gasteiger partial charge in [0.2, 0.25) is 5.75 Å². The summed E-state index contributed by atoms with van der Waals surface area (Å²) in [7, 11) is 0. The lowest BCUT2D eigenvalue weighted by Crippen LogP contribution is -2.14. The van der Waals surface area contributed by atoms with Gasteiger partial charge in [-0.1, -0.05) is 322 Å². The van der Waals surface area contributed by atoms with Crippen LogP contribution in [0.4, 0.5) is 0 Å². The van der Waals surface area contributed by atoms with E-state index in [1.807, 2.05) is 12.1 Å². The molecule has 0 amide bonds. The number of carbonyl (C=O) groups excluding carboxylic acids is 2. The number of unbranched alkanes of at least 4 members (excludes halogenated alkanes) is 45. The molecule has 1 fully saturated rings. The van der Waals surface area contributed by atoms with Gasteiger partial charge in [0, 0.05) is 0 Å². The summed E-state index contributed by atoms with van der Waals surface area (Å²) in [5.41, 5.74) is 0.804. The van der Waals surface area contributed by atoms with Crippen molar-refractivity contribution in [2.45, 2.75) is 342 Å². The Balaban J connectivity index is 1.92. The summed E-state index contributed by atoms with van der Waals surface area (Å²) < 4.78 is 30.9. The Morgan fingerprint density at radius 1 is 0.382 bits per heavy atom. The topological polar surface area (TPSA) is 80.3 Å². The second-order valence-corrected chi connectivity index (χ2v) is 23.4. The monoisotopic (exact) mass is 1060 g/mol. The molecule has 0 N–H and O–H groups in total. The van der Waals surface area contributed by atoms with E-state index in [2.05, 4.69) is 27.4 Å². The Bertz CT molecular complexity index is 1400. The second kappa shape index (κ2) is 53.0. The number of hydrogen-bond donors (Lipinski definition) is 0. The smallest absolute Gasteiger partial charge is 0.310 e. The number of rotatable bonds is 60. The first-order valence-corrected chi connectivity index (χ1v) is 33.5. The highest BCUT2D eigenvalue weighted by molar-refractivity contribution is 5.87. The maximum Gasteiger partial charge on any atom is 0.310 e. The summed E-state index contributed by atoms with van der Waals surface area (Å²) in [5, 5.41) is 0. The highest BCUT2D eigenvalue weighted by Gasteiger charge is 2.50. The Kier molecular flexibility index (Phi) is 48.4. The Morgan fingerprint density at radius 3 is 0.908 bits per heavy atom. The van der Waals surface area contributed by atoms with Crippen molar-refractivity contribution in [3.8, 4) is 17.2 Å². The van der Waals surface area contributed by atoms with Crippen LogP contribution in [-0.2, 0) is 25.7 Å². The maximum absolute atomic E-state index is 13.1. The lowest BCUT2D eigenvalue weighted by molar-refractivity contribution is -0.151. The van der Waals surface area contributed by atoms with E-state index in [4.69, 9.17) is 23.7 Å². The van der Waals surface area contributed by atoms with Crippen molar-refractivity contribution in [3.05, 3.63) is 30.4 Å². The van der Waals surface area contributed by atoms with Gasteiger partial charge in [-0.15, -0.1) is 0 Å². The molecule has 0 radical (unpaired) electrons. The van der Waals surface area contributed by atoms with E-state index in [-0.39, 0.29) is 25.2 Å². The van der Waals surface area contributed by atoms with Crippen LogP contribution in [0.25, 0.3) is 0 Å². The van der Waals surface area contributed by atoms with Gasteiger partial charge in [0.25, 0.3) is 0 Å². The fourth-order valence-electron chi connectivity index (χ4n) is 10.8. The fraction of sp³-hybridized carbons (Fsp3) is 0.855. The molecule has 76 heavy (non-hydrogen) atoms. The van der Waals surface area contributed by atoms with E-state index in [0.29, 0.717) is 43.5 Å². The van der Waals surface area contributed by atoms with Gasteiger partial charge < -0.3 is 23.7 Å². The molecule has 0 saturated heterocycles. The minimum Gasteiger partial charge on any atom is -0.490 e. The predicted molar refractivity (Wildman–Crippen MR) is 324 cm³/mol. The Labute approximate surface area is 471 Å². The molecule has 1 aromatic carbocycles. The predicted octanol–water partition coefficient (Wildman–Crippen LogP) is 22.0. The molecule has 1 aromatic rings. The summed E-state index contributed by atoms with van der Waals surface area (Å²) in [6, 6.07) is 3.96. The quantitative estimate of drug-likeness (QED) is 0.0365. The molecule has 2 atom stereocenters. The fourth-order valence-corrected chi connectivity index (χ4v) is 10.8. The molecule has 0 bridgehead atoms. The summed E-state index contributed by atoms with van der Waals surface area (Å²) in [6.45, 7) is 12.6. The summed E-state index contributed by atoms with van der Waals surface area (Å²) in [4.78, 5) is 25.6. The molecule has 442 valence electrons. The highest BCUT2D eigenvalue weighted by atomic mass is 16.6. The molecule has 0 aliphatic heterocycles. The van der Waals surface area contributed by atoms with Gasteiger partial charge in [-0.2, -0.15) is 0 Å². The number of ether oxygens (including phenoxy) is 5. The molecule has 1 aliphatic rings. The van der Waals surface area contributed by atoms with Gasteiger partial charge in [-0.3, -0.25) is 9.59 Å². The van der Waals surface area contributed by atoms with E-state index in [1.165, 1.54) is 270 Å². The normalized spacial score (nSPS) is 14.0. The van der Waals surface area contributed by atoms with Crippen LogP contribution in [0, 0.1) is 11.8 Å². The van der Waals surface area contributed by atoms with Gasteiger partial charge in [-0.05, 0) is 43.4 Å². The van der Waals surface area contributed by atoms with Crippen molar-refractivity contribution in [2.24, 2.45) is 11.8 Å². The zero-order valence-corrected chi connectivity index (χ0v) is 50.6. The standard InChI is InChI=1S/C69H124O7/c1-5-9-12-15-18-21-24-27-30-33-36-39-42-45-48-51-55-72-65-58-62(61-76-69(71)64-60-63(64)68(70)75-54-8-4)59-66(73-56-52-49-46-43-40-37-34-31-28-25-22-19-16-13-10-6-2)67(65)74-57-53-50-47-44-41-38-35-32-29-26-23-20-17-14-11-7-3/h8,58-59,63-64H,4-7,9-57,60-61H2,1-3H3/t63-,64-/m1/s1. The van der Waals surface area contributed by atoms with Crippen molar-refractivity contribution in [1.29, 1.82) is 0 Å². The third-order valence-electron chi connectivity index (χ3n) is 16.0. The van der Waals surface area contributed by atoms with E-state index in [9.17, 15) is 9.59 Å². The molecule has 0 unspecified atom stereocenters. The first-order valence-electron chi connectivity index (χ1n) is 33.5. The number of esters is 2. The average Bonchev–Trinajstić information content (AvgIpc) is 4.25. The minimum absolute atomic E-state index is 0.0774. The van der Waals surface area contributed by atoms with Crippen LogP contribution in [0.3, 0.4) is 0 Å². The SMILES string of the molecule is C=CCOC(=O)[C@@H]1C[C@H]1C(=O)OCc1cc(OCCCCCCCCCCCCCCCCCC)c(OCCCCCCCCCCCCCCCCCC)c(OCCCCCCCCCCCCCCCCCC)c1. The van der Waals surface area contributed by atoms with Gasteiger partial charge in [0.15, 0.2) is 11.5 Å². The summed E-state index contributed by atoms with van der Waals surface area (Å²) in [6.07, 6.45) is 66.0. The number of carbonyl (C=O) groups is 2. The zero-order valence-electron chi connectivity index (χ0n) is 50.6. The molecule has 7 heteroatoms. The van der Waals surface area contributed by atoms with E-state index >= 15 is 0 Å². The maximum atomic E-state index is 13.1. The summed E-state index contributed by atoms with van der Waals surface area (Å²) >= 11 is 0. The van der Waals surface area contributed by atoms with E-state index < -0.39 is 11.8 Å². The lowest BCUT2D eigenvalue weighted by Gasteiger charge is -2.19. The van der Waals surface area contributed by atoms with Crippen LogP contribution in [0.15, 0.2) is 24.8 Å². The number of benzene rings is 1. The molecule has 1 aliphatic carbocycles. The van der Waals surface area contributed by atoms with Gasteiger partial charge in [-0.25, -0.2) is 0 Å². The van der Waals surface area contributed by atoms with Gasteiger partial charge >= 0.3 is 11.9 Å². The van der Waals surface area contributed by atoms with Crippen LogP contribution in [0.2, 0.25) is 0 Å². The van der Waals surface area contributed by atoms with E-state index in [0.717, 1.165) is 44.1 Å². The van der Waals surface area contributed by atoms with Crippen LogP contribution in [0.5, 0.6) is 17.2 Å². The van der Waals surface area contributed by atoms with Crippen LogP contribution < -0.4 is 14.2 Å². The van der Waals surface area contributed by atoms with Crippen molar-refractivity contribution in [3.63, 3.8) is 0 Å². The Morgan fingerprint density at radius 2 is 0.632 bits per heavy atom. The van der Waals surface area contributed by atoms with Crippen LogP contribution >= 0.6 is 0 Å². The molecule has 2 rings (SSSR count). The summed E-state index contributed by atoms with van der Waals surface area (Å²) in [5.74, 6) is 0.394. The van der Waals surface area contributed by atoms with Crippen molar-refractivity contribution < 1.29 is 33.3 Å². The third-order valence-corrected chi connectivity index (χ3v) is 16.0. The van der Waals surface area contributed by atoms with Crippen molar-refractivity contribution in [1.82, 2.24) is 0 Å². The van der Waals surface area contributed by atoms with Crippen molar-refractivity contribution >= 4 is 11.9 Å². The van der Waals surface area contributed by atoms with Crippen LogP contribution in [0.1, 0.15) is 341 Å². The van der Waals surface area contributed by atoms with Crippen molar-refractivity contribution in [2.75, 3.05) is 26.4 Å². The lowest BCUT2D eigenvalue weighted by atomic mass is 10.0. The molecule has 0 heterocycles. The second-order valence-electron chi connectivity index (χ2n) is 23.4. The molecular weight excluding hydrogens is 941 g/mol. The zero-order chi connectivity index (χ0) is 54.5. The van der Waals surface area contributed by atoms with E-state index in [1.54, 1.807) is 6.08 Å². The number of hydrogen-bond acceptors (Lipinski definition) is 7. The van der Waals surface area contributed by atoms with Gasteiger partial charge in [0.1, 0.15) is 13.2 Å². The molecule has 7 nitrogen and oxygen atoms in total.